The first-order chi connectivity index (χ1) is 4.63. The lowest BCUT2D eigenvalue weighted by Gasteiger charge is -1.98. The van der Waals surface area contributed by atoms with E-state index in [1.807, 2.05) is 0 Å². The van der Waals surface area contributed by atoms with Crippen LogP contribution in [0.1, 0.15) is 16.2 Å². The topological polar surface area (TPSA) is 68.2 Å². The predicted molar refractivity (Wildman–Crippen MR) is 36.3 cm³/mol. The van der Waals surface area contributed by atoms with Gasteiger partial charge in [-0.3, -0.25) is 4.68 Å². The molecule has 0 aliphatic rings. The van der Waals surface area contributed by atoms with Gasteiger partial charge in [0.25, 0.3) is 0 Å². The van der Waals surface area contributed by atoms with Gasteiger partial charge >= 0.3 is 5.97 Å². The van der Waals surface area contributed by atoms with Crippen molar-refractivity contribution in [2.45, 2.75) is 6.92 Å². The van der Waals surface area contributed by atoms with Crippen LogP contribution < -0.4 is 5.84 Å². The summed E-state index contributed by atoms with van der Waals surface area (Å²) in [5.74, 6) is 4.34. The minimum absolute atomic E-state index is 0.109. The molecule has 0 aliphatic heterocycles. The molecule has 0 amide bonds. The van der Waals surface area contributed by atoms with Gasteiger partial charge in [-0.1, -0.05) is 0 Å². The maximum absolute atomic E-state index is 10.3. The molecule has 0 unspecified atom stereocenters. The summed E-state index contributed by atoms with van der Waals surface area (Å²) in [5, 5.41) is 8.48. The fourth-order valence-corrected chi connectivity index (χ4v) is 0.724. The molecule has 1 rings (SSSR count). The standard InChI is InChI=1S/C6H8N2O2/c1-4-2-3-5(6(9)10)8(4)7/h2-3H,7H2,1H3,(H,9,10). The number of nitrogens with two attached hydrogens (primary N) is 1. The number of rotatable bonds is 1. The number of carboxylic acids is 1. The number of carbonyl (C=O) groups is 1. The Labute approximate surface area is 57.8 Å². The smallest absolute Gasteiger partial charge is 0.354 e. The normalized spacial score (nSPS) is 9.70. The lowest BCUT2D eigenvalue weighted by atomic mass is 10.4. The Hall–Kier alpha value is -1.45. The monoisotopic (exact) mass is 140 g/mol. The molecule has 1 heterocycles. The molecule has 4 nitrogen and oxygen atoms in total. The lowest BCUT2D eigenvalue weighted by molar-refractivity contribution is 0.0687. The molecule has 0 radical (unpaired) electrons. The Morgan fingerprint density at radius 3 is 2.50 bits per heavy atom. The summed E-state index contributed by atoms with van der Waals surface area (Å²) in [5.41, 5.74) is 0.843. The second-order valence-corrected chi connectivity index (χ2v) is 2.04. The zero-order valence-corrected chi connectivity index (χ0v) is 5.53. The zero-order valence-electron chi connectivity index (χ0n) is 5.53. The Bertz CT molecular complexity index is 265. The molecule has 3 N–H and O–H groups in total. The second kappa shape index (κ2) is 2.06. The third-order valence-corrected chi connectivity index (χ3v) is 1.34. The van der Waals surface area contributed by atoms with Crippen LogP contribution in [-0.4, -0.2) is 15.8 Å². The fraction of sp³-hybridized carbons (Fsp3) is 0.167. The molecule has 0 saturated carbocycles. The van der Waals surface area contributed by atoms with Crippen molar-refractivity contribution in [3.8, 4) is 0 Å². The van der Waals surface area contributed by atoms with E-state index < -0.39 is 5.97 Å². The summed E-state index contributed by atoms with van der Waals surface area (Å²) < 4.78 is 1.14. The molecule has 0 saturated heterocycles. The average molecular weight is 140 g/mol. The third-order valence-electron chi connectivity index (χ3n) is 1.34. The molecule has 1 aromatic heterocycles. The van der Waals surface area contributed by atoms with E-state index in [1.165, 1.54) is 6.07 Å². The van der Waals surface area contributed by atoms with Crippen molar-refractivity contribution in [1.82, 2.24) is 4.68 Å². The van der Waals surface area contributed by atoms with Crippen LogP contribution in [-0.2, 0) is 0 Å². The first kappa shape index (κ1) is 6.67. The van der Waals surface area contributed by atoms with Gasteiger partial charge in [-0.2, -0.15) is 0 Å². The van der Waals surface area contributed by atoms with Crippen LogP contribution >= 0.6 is 0 Å². The van der Waals surface area contributed by atoms with Crippen LogP contribution in [0.15, 0.2) is 12.1 Å². The summed E-state index contributed by atoms with van der Waals surface area (Å²) in [7, 11) is 0. The van der Waals surface area contributed by atoms with Gasteiger partial charge in [0.1, 0.15) is 5.69 Å². The van der Waals surface area contributed by atoms with E-state index in [0.717, 1.165) is 10.4 Å². The van der Waals surface area contributed by atoms with Crippen LogP contribution in [0.2, 0.25) is 0 Å². The number of hydrogen-bond donors (Lipinski definition) is 2. The molecule has 10 heavy (non-hydrogen) atoms. The maximum atomic E-state index is 10.3. The molecule has 1 aromatic rings. The molecule has 0 aromatic carbocycles. The Balaban J connectivity index is 3.17. The van der Waals surface area contributed by atoms with Crippen molar-refractivity contribution in [2.24, 2.45) is 0 Å². The van der Waals surface area contributed by atoms with Crippen LogP contribution in [0.25, 0.3) is 0 Å². The minimum atomic E-state index is -1.00. The average Bonchev–Trinajstić information content (AvgIpc) is 2.14. The van der Waals surface area contributed by atoms with Crippen LogP contribution in [0, 0.1) is 6.92 Å². The molecular formula is C6H8N2O2. The fourth-order valence-electron chi connectivity index (χ4n) is 0.724. The first-order valence-electron chi connectivity index (χ1n) is 2.79. The number of carboxylic acid groups (broad SMARTS) is 1. The van der Waals surface area contributed by atoms with E-state index in [0.29, 0.717) is 0 Å². The highest BCUT2D eigenvalue weighted by Crippen LogP contribution is 2.02. The van der Waals surface area contributed by atoms with Gasteiger partial charge in [0, 0.05) is 5.69 Å². The lowest BCUT2D eigenvalue weighted by Crippen LogP contribution is -2.16. The molecule has 54 valence electrons. The number of nitrogens with zero attached hydrogens (tertiary/aromatic N) is 1. The summed E-state index contributed by atoms with van der Waals surface area (Å²) in [4.78, 5) is 10.3. The number of aromatic nitrogens is 1. The summed E-state index contributed by atoms with van der Waals surface area (Å²) in [6, 6.07) is 3.13. The predicted octanol–water partition coefficient (Wildman–Crippen LogP) is 0.209. The number of nitrogen functional groups attached to an aromatic ring is 1. The SMILES string of the molecule is Cc1ccc(C(=O)O)n1N. The highest BCUT2D eigenvalue weighted by atomic mass is 16.4. The van der Waals surface area contributed by atoms with Crippen LogP contribution in [0.3, 0.4) is 0 Å². The van der Waals surface area contributed by atoms with Crippen molar-refractivity contribution >= 4 is 5.97 Å². The van der Waals surface area contributed by atoms with Crippen molar-refractivity contribution in [2.75, 3.05) is 5.84 Å². The zero-order chi connectivity index (χ0) is 7.72. The minimum Gasteiger partial charge on any atom is -0.477 e. The van der Waals surface area contributed by atoms with Crippen LogP contribution in [0.4, 0.5) is 0 Å². The largest absolute Gasteiger partial charge is 0.477 e. The van der Waals surface area contributed by atoms with Gasteiger partial charge in [-0.25, -0.2) is 4.79 Å². The van der Waals surface area contributed by atoms with Crippen molar-refractivity contribution in [3.63, 3.8) is 0 Å². The molecule has 0 spiro atoms. The van der Waals surface area contributed by atoms with E-state index in [9.17, 15) is 4.79 Å². The molecule has 0 aliphatic carbocycles. The molecule has 0 fully saturated rings. The summed E-state index contributed by atoms with van der Waals surface area (Å²) >= 11 is 0. The Morgan fingerprint density at radius 1 is 1.70 bits per heavy atom. The number of hydrogen-bond acceptors (Lipinski definition) is 2. The van der Waals surface area contributed by atoms with Gasteiger partial charge in [-0.05, 0) is 19.1 Å². The van der Waals surface area contributed by atoms with E-state index >= 15 is 0 Å². The Kier molecular flexibility index (Phi) is 1.37. The molecule has 0 bridgehead atoms. The first-order valence-corrected chi connectivity index (χ1v) is 2.79. The van der Waals surface area contributed by atoms with Gasteiger partial charge in [0.15, 0.2) is 0 Å². The maximum Gasteiger partial charge on any atom is 0.354 e. The highest BCUT2D eigenvalue weighted by Gasteiger charge is 2.07. The quantitative estimate of drug-likeness (QED) is 0.548. The number of aryl methyl sites for hydroxylation is 1. The summed E-state index contributed by atoms with van der Waals surface area (Å²) in [6.45, 7) is 1.74. The van der Waals surface area contributed by atoms with E-state index in [-0.39, 0.29) is 5.69 Å². The van der Waals surface area contributed by atoms with Gasteiger partial charge in [0.05, 0.1) is 0 Å². The molecule has 4 heteroatoms. The van der Waals surface area contributed by atoms with Gasteiger partial charge in [-0.15, -0.1) is 0 Å². The number of aromatic carboxylic acids is 1. The van der Waals surface area contributed by atoms with Gasteiger partial charge in [0.2, 0.25) is 0 Å². The van der Waals surface area contributed by atoms with Crippen molar-refractivity contribution < 1.29 is 9.90 Å². The van der Waals surface area contributed by atoms with Crippen molar-refractivity contribution in [1.29, 1.82) is 0 Å². The van der Waals surface area contributed by atoms with E-state index in [4.69, 9.17) is 10.9 Å². The molecular weight excluding hydrogens is 132 g/mol. The van der Waals surface area contributed by atoms with Crippen LogP contribution in [0.5, 0.6) is 0 Å². The highest BCUT2D eigenvalue weighted by molar-refractivity contribution is 5.86. The Morgan fingerprint density at radius 2 is 2.30 bits per heavy atom. The van der Waals surface area contributed by atoms with E-state index in [1.54, 1.807) is 13.0 Å². The molecule has 0 atom stereocenters. The summed E-state index contributed by atoms with van der Waals surface area (Å²) in [6.07, 6.45) is 0. The second-order valence-electron chi connectivity index (χ2n) is 2.04. The third kappa shape index (κ3) is 0.834. The van der Waals surface area contributed by atoms with Crippen molar-refractivity contribution in [3.05, 3.63) is 23.5 Å². The van der Waals surface area contributed by atoms with E-state index in [2.05, 4.69) is 0 Å². The van der Waals surface area contributed by atoms with Gasteiger partial charge < -0.3 is 10.9 Å².